The minimum atomic E-state index is -0.299. The van der Waals surface area contributed by atoms with Crippen LogP contribution in [-0.2, 0) is 11.2 Å². The van der Waals surface area contributed by atoms with Crippen molar-refractivity contribution in [1.29, 1.82) is 0 Å². The second-order valence-corrected chi connectivity index (χ2v) is 8.55. The first-order valence-electron chi connectivity index (χ1n) is 10.9. The fourth-order valence-corrected chi connectivity index (χ4v) is 4.40. The molecule has 3 heteroatoms. The number of anilines is 2. The molecule has 3 aromatic rings. The average Bonchev–Trinajstić information content (AvgIpc) is 3.05. The van der Waals surface area contributed by atoms with Crippen LogP contribution in [0.15, 0.2) is 85.2 Å². The molecule has 3 nitrogen and oxygen atoms in total. The van der Waals surface area contributed by atoms with E-state index in [1.807, 2.05) is 12.1 Å². The number of hydrogen-bond donors (Lipinski definition) is 0. The molecule has 3 aromatic carbocycles. The molecule has 0 N–H and O–H groups in total. The number of rotatable bonds is 6. The van der Waals surface area contributed by atoms with E-state index in [-0.39, 0.29) is 17.9 Å². The number of Topliss-reactive ketones (excluding diaryl/α,β-unsaturated/α-hetero) is 1. The average molecular weight is 411 g/mol. The van der Waals surface area contributed by atoms with Crippen molar-refractivity contribution in [2.24, 2.45) is 0 Å². The zero-order valence-corrected chi connectivity index (χ0v) is 18.8. The lowest BCUT2D eigenvalue weighted by atomic mass is 10.00. The summed E-state index contributed by atoms with van der Waals surface area (Å²) in [6.45, 7) is 12.5. The largest absolute Gasteiger partial charge is 0.319 e. The molecule has 0 radical (unpaired) electrons. The molecule has 1 aliphatic rings. The molecule has 4 rings (SSSR count). The first-order chi connectivity index (χ1) is 14.9. The zero-order chi connectivity index (χ0) is 22.1. The molecule has 1 unspecified atom stereocenters. The number of benzene rings is 3. The van der Waals surface area contributed by atoms with Gasteiger partial charge in [0.2, 0.25) is 0 Å². The van der Waals surface area contributed by atoms with Gasteiger partial charge in [-0.05, 0) is 51.0 Å². The summed E-state index contributed by atoms with van der Waals surface area (Å²) < 4.78 is 0. The summed E-state index contributed by atoms with van der Waals surface area (Å²) in [6, 6.07) is 25.2. The van der Waals surface area contributed by atoms with E-state index in [1.165, 1.54) is 16.7 Å². The van der Waals surface area contributed by atoms with Gasteiger partial charge in [-0.25, -0.2) is 0 Å². The molecule has 0 fully saturated rings. The Balaban J connectivity index is 1.72. The van der Waals surface area contributed by atoms with Gasteiger partial charge in [-0.2, -0.15) is 0 Å². The van der Waals surface area contributed by atoms with Crippen LogP contribution < -0.4 is 9.80 Å². The molecule has 2 atom stereocenters. The van der Waals surface area contributed by atoms with Crippen LogP contribution in [0.1, 0.15) is 42.1 Å². The number of carbonyl (C=O) groups excluding carboxylic acids is 1. The van der Waals surface area contributed by atoms with Crippen molar-refractivity contribution in [1.82, 2.24) is 0 Å². The number of hydrogen-bond acceptors (Lipinski definition) is 3. The first kappa shape index (κ1) is 20.9. The summed E-state index contributed by atoms with van der Waals surface area (Å²) in [5.41, 5.74) is 6.97. The molecule has 0 amide bonds. The van der Waals surface area contributed by atoms with Crippen molar-refractivity contribution in [3.05, 3.63) is 107 Å². The number of para-hydroxylation sites is 2. The minimum Gasteiger partial charge on any atom is -0.319 e. The van der Waals surface area contributed by atoms with Crippen LogP contribution in [0.4, 0.5) is 11.4 Å². The molecule has 0 aromatic heterocycles. The van der Waals surface area contributed by atoms with Crippen LogP contribution >= 0.6 is 0 Å². The van der Waals surface area contributed by atoms with Gasteiger partial charge in [0.05, 0.1) is 23.5 Å². The highest BCUT2D eigenvalue weighted by atomic mass is 16.1. The van der Waals surface area contributed by atoms with Crippen LogP contribution in [0.25, 0.3) is 0 Å². The smallest absolute Gasteiger partial charge is 0.152 e. The van der Waals surface area contributed by atoms with Crippen LogP contribution in [-0.4, -0.2) is 11.8 Å². The van der Waals surface area contributed by atoms with Gasteiger partial charge in [-0.1, -0.05) is 78.4 Å². The van der Waals surface area contributed by atoms with Gasteiger partial charge in [0, 0.05) is 6.42 Å². The lowest BCUT2D eigenvalue weighted by molar-refractivity contribution is -0.118. The third-order valence-corrected chi connectivity index (χ3v) is 6.23. The Morgan fingerprint density at radius 2 is 1.35 bits per heavy atom. The van der Waals surface area contributed by atoms with E-state index in [0.29, 0.717) is 6.42 Å². The normalized spacial score (nSPS) is 15.0. The summed E-state index contributed by atoms with van der Waals surface area (Å²) in [5, 5.41) is 0. The van der Waals surface area contributed by atoms with Crippen LogP contribution in [0.3, 0.4) is 0 Å². The summed E-state index contributed by atoms with van der Waals surface area (Å²) in [5.74, 6) is 0.989. The Bertz CT molecular complexity index is 1100. The summed E-state index contributed by atoms with van der Waals surface area (Å²) in [6.07, 6.45) is 0.649. The van der Waals surface area contributed by atoms with Gasteiger partial charge < -0.3 is 9.80 Å². The van der Waals surface area contributed by atoms with Gasteiger partial charge in [-0.3, -0.25) is 4.79 Å². The molecule has 31 heavy (non-hydrogen) atoms. The fourth-order valence-electron chi connectivity index (χ4n) is 4.40. The second-order valence-electron chi connectivity index (χ2n) is 8.55. The van der Waals surface area contributed by atoms with Crippen LogP contribution in [0.5, 0.6) is 0 Å². The lowest BCUT2D eigenvalue weighted by Crippen LogP contribution is -2.42. The first-order valence-corrected chi connectivity index (χ1v) is 10.9. The van der Waals surface area contributed by atoms with E-state index in [1.54, 1.807) is 6.92 Å². The predicted octanol–water partition coefficient (Wildman–Crippen LogP) is 6.36. The maximum absolute atomic E-state index is 12.8. The molecule has 1 aliphatic heterocycles. The topological polar surface area (TPSA) is 23.6 Å². The zero-order valence-electron chi connectivity index (χ0n) is 18.8. The standard InChI is InChI=1S/C28H30N2O/c1-19-10-14-24(15-11-19)18-28(22(4)31)30-23(5)29(26-8-6-7-9-27(26)30)21(3)25-16-12-20(2)13-17-25/h6-17,21,28H,5,18H2,1-4H3/t21?,28-/m0/s1. The Morgan fingerprint density at radius 1 is 0.839 bits per heavy atom. The van der Waals surface area contributed by atoms with Gasteiger partial charge in [0.15, 0.2) is 5.78 Å². The van der Waals surface area contributed by atoms with Crippen molar-refractivity contribution in [3.8, 4) is 0 Å². The van der Waals surface area contributed by atoms with Gasteiger partial charge >= 0.3 is 0 Å². The number of fused-ring (bicyclic) bond motifs is 1. The molecule has 0 bridgehead atoms. The van der Waals surface area contributed by atoms with E-state index in [0.717, 1.165) is 22.8 Å². The molecular formula is C28H30N2O. The van der Waals surface area contributed by atoms with Gasteiger partial charge in [0.1, 0.15) is 5.82 Å². The molecule has 0 saturated carbocycles. The van der Waals surface area contributed by atoms with Gasteiger partial charge in [-0.15, -0.1) is 0 Å². The fraction of sp³-hybridized carbons (Fsp3) is 0.250. The second kappa shape index (κ2) is 8.43. The molecule has 0 spiro atoms. The summed E-state index contributed by atoms with van der Waals surface area (Å²) in [4.78, 5) is 17.2. The Labute approximate surface area is 185 Å². The van der Waals surface area contributed by atoms with Crippen molar-refractivity contribution >= 4 is 17.2 Å². The number of aryl methyl sites for hydroxylation is 2. The molecule has 1 heterocycles. The van der Waals surface area contributed by atoms with Crippen molar-refractivity contribution < 1.29 is 4.79 Å². The van der Waals surface area contributed by atoms with Gasteiger partial charge in [0.25, 0.3) is 0 Å². The summed E-state index contributed by atoms with van der Waals surface area (Å²) in [7, 11) is 0. The Hall–Kier alpha value is -3.33. The highest BCUT2D eigenvalue weighted by Gasteiger charge is 2.38. The maximum atomic E-state index is 12.8. The molecular weight excluding hydrogens is 380 g/mol. The van der Waals surface area contributed by atoms with E-state index in [2.05, 4.69) is 97.8 Å². The Morgan fingerprint density at radius 3 is 1.90 bits per heavy atom. The quantitative estimate of drug-likeness (QED) is 0.472. The summed E-state index contributed by atoms with van der Waals surface area (Å²) >= 11 is 0. The monoisotopic (exact) mass is 410 g/mol. The van der Waals surface area contributed by atoms with E-state index in [4.69, 9.17) is 0 Å². The number of carbonyl (C=O) groups is 1. The lowest BCUT2D eigenvalue weighted by Gasteiger charge is -2.33. The highest BCUT2D eigenvalue weighted by Crippen LogP contribution is 2.46. The Kier molecular flexibility index (Phi) is 5.69. The highest BCUT2D eigenvalue weighted by molar-refractivity contribution is 5.92. The third-order valence-electron chi connectivity index (χ3n) is 6.23. The molecule has 0 aliphatic carbocycles. The third kappa shape index (κ3) is 4.00. The maximum Gasteiger partial charge on any atom is 0.152 e. The minimum absolute atomic E-state index is 0.103. The van der Waals surface area contributed by atoms with Crippen LogP contribution in [0.2, 0.25) is 0 Å². The molecule has 158 valence electrons. The number of ketones is 1. The SMILES string of the molecule is C=C1N(C(C)c2ccc(C)cc2)c2ccccc2N1[C@@H](Cc1ccc(C)cc1)C(C)=O. The van der Waals surface area contributed by atoms with Crippen molar-refractivity contribution in [3.63, 3.8) is 0 Å². The van der Waals surface area contributed by atoms with Crippen LogP contribution in [0, 0.1) is 13.8 Å². The van der Waals surface area contributed by atoms with E-state index >= 15 is 0 Å². The van der Waals surface area contributed by atoms with Crippen molar-refractivity contribution in [2.45, 2.75) is 46.2 Å². The van der Waals surface area contributed by atoms with E-state index < -0.39 is 0 Å². The predicted molar refractivity (Wildman–Crippen MR) is 129 cm³/mol. The van der Waals surface area contributed by atoms with E-state index in [9.17, 15) is 4.79 Å². The molecule has 0 saturated heterocycles. The number of nitrogens with zero attached hydrogens (tertiary/aromatic N) is 2. The van der Waals surface area contributed by atoms with Crippen molar-refractivity contribution in [2.75, 3.05) is 9.80 Å².